The van der Waals surface area contributed by atoms with Crippen LogP contribution in [0.25, 0.3) is 16.5 Å². The normalized spacial score (nSPS) is 21.6. The van der Waals surface area contributed by atoms with Crippen molar-refractivity contribution in [3.63, 3.8) is 0 Å². The molecule has 1 N–H and O–H groups in total. The van der Waals surface area contributed by atoms with Gasteiger partial charge in [0.05, 0.1) is 17.2 Å². The fraction of sp³-hybridized carbons (Fsp3) is 0.364. The van der Waals surface area contributed by atoms with Gasteiger partial charge in [0.15, 0.2) is 5.76 Å². The lowest BCUT2D eigenvalue weighted by atomic mass is 9.89. The minimum absolute atomic E-state index is 0.0121. The Morgan fingerprint density at radius 1 is 1.10 bits per heavy atom. The van der Waals surface area contributed by atoms with Crippen LogP contribution in [-0.4, -0.2) is 37.7 Å². The summed E-state index contributed by atoms with van der Waals surface area (Å²) in [7, 11) is 0. The van der Waals surface area contributed by atoms with Gasteiger partial charge in [0.25, 0.3) is 0 Å². The van der Waals surface area contributed by atoms with Crippen molar-refractivity contribution in [2.24, 2.45) is 11.8 Å². The zero-order chi connectivity index (χ0) is 20.0. The Labute approximate surface area is 173 Å². The molecule has 150 valence electrons. The van der Waals surface area contributed by atoms with Gasteiger partial charge in [-0.1, -0.05) is 55.5 Å². The van der Waals surface area contributed by atoms with Crippen LogP contribution in [0.5, 0.6) is 5.88 Å². The Hall–Kier alpha value is -2.64. The van der Waals surface area contributed by atoms with E-state index in [1.54, 1.807) is 12.3 Å². The van der Waals surface area contributed by atoms with E-state index in [2.05, 4.69) is 53.1 Å². The number of piperidine rings is 1. The first kappa shape index (κ1) is 18.4. The molecule has 4 aromatic rings. The van der Waals surface area contributed by atoms with Gasteiger partial charge in [0.1, 0.15) is 0 Å². The molecule has 5 rings (SSSR count). The number of aromatic nitrogens is 3. The molecule has 29 heavy (non-hydrogen) atoms. The van der Waals surface area contributed by atoms with Gasteiger partial charge in [0, 0.05) is 13.1 Å². The minimum atomic E-state index is -0.0121. The molecular weight excluding hydrogens is 384 g/mol. The number of hydrogen-bond donors (Lipinski definition) is 1. The smallest absolute Gasteiger partial charge is 0.230 e. The van der Waals surface area contributed by atoms with E-state index in [0.717, 1.165) is 18.0 Å². The highest BCUT2D eigenvalue weighted by Crippen LogP contribution is 2.42. The Morgan fingerprint density at radius 3 is 2.52 bits per heavy atom. The van der Waals surface area contributed by atoms with Crippen LogP contribution >= 0.6 is 11.3 Å². The van der Waals surface area contributed by atoms with E-state index >= 15 is 0 Å². The van der Waals surface area contributed by atoms with Crippen LogP contribution in [0.4, 0.5) is 0 Å². The van der Waals surface area contributed by atoms with Crippen molar-refractivity contribution in [1.29, 1.82) is 0 Å². The molecule has 1 aliphatic rings. The molecule has 1 saturated heterocycles. The zero-order valence-corrected chi connectivity index (χ0v) is 17.3. The van der Waals surface area contributed by atoms with Crippen LogP contribution in [0.15, 0.2) is 53.1 Å². The van der Waals surface area contributed by atoms with Crippen LogP contribution in [0.1, 0.15) is 36.8 Å². The third kappa shape index (κ3) is 3.34. The fourth-order valence-corrected chi connectivity index (χ4v) is 5.64. The molecule has 0 spiro atoms. The van der Waals surface area contributed by atoms with Gasteiger partial charge in [-0.15, -0.1) is 5.10 Å². The molecule has 3 atom stereocenters. The van der Waals surface area contributed by atoms with Crippen molar-refractivity contribution in [2.75, 3.05) is 13.1 Å². The van der Waals surface area contributed by atoms with E-state index in [0.29, 0.717) is 28.4 Å². The van der Waals surface area contributed by atoms with Crippen LogP contribution in [0, 0.1) is 11.8 Å². The number of rotatable bonds is 4. The first-order chi connectivity index (χ1) is 14.1. The van der Waals surface area contributed by atoms with Gasteiger partial charge in [-0.25, -0.2) is 0 Å². The third-order valence-electron chi connectivity index (χ3n) is 5.57. The number of nitrogens with zero attached hydrogens (tertiary/aromatic N) is 4. The van der Waals surface area contributed by atoms with Crippen molar-refractivity contribution < 1.29 is 9.52 Å². The Kier molecular flexibility index (Phi) is 4.64. The van der Waals surface area contributed by atoms with Gasteiger partial charge in [-0.05, 0) is 36.0 Å². The Bertz CT molecular complexity index is 1090. The predicted octanol–water partition coefficient (Wildman–Crippen LogP) is 4.82. The number of likely N-dealkylation sites (tertiary alicyclic amines) is 1. The number of aromatic hydroxyl groups is 1. The summed E-state index contributed by atoms with van der Waals surface area (Å²) in [6.07, 6.45) is 2.84. The monoisotopic (exact) mass is 408 g/mol. The average molecular weight is 409 g/mol. The number of fused-ring (bicyclic) bond motifs is 1. The van der Waals surface area contributed by atoms with Crippen molar-refractivity contribution in [3.8, 4) is 17.5 Å². The quantitative estimate of drug-likeness (QED) is 0.524. The highest BCUT2D eigenvalue weighted by atomic mass is 32.1. The lowest BCUT2D eigenvalue weighted by Gasteiger charge is -2.40. The molecule has 0 unspecified atom stereocenters. The van der Waals surface area contributed by atoms with Crippen LogP contribution < -0.4 is 0 Å². The van der Waals surface area contributed by atoms with E-state index in [1.807, 2.05) is 12.1 Å². The van der Waals surface area contributed by atoms with E-state index in [-0.39, 0.29) is 11.9 Å². The maximum Gasteiger partial charge on any atom is 0.230 e. The molecule has 1 aliphatic heterocycles. The average Bonchev–Trinajstić information content (AvgIpc) is 3.41. The summed E-state index contributed by atoms with van der Waals surface area (Å²) < 4.78 is 6.93. The van der Waals surface area contributed by atoms with E-state index in [4.69, 9.17) is 4.42 Å². The maximum atomic E-state index is 11.1. The SMILES string of the molecule is C[C@@H]1C[C@H](C)CN([C@@H](c2ccccc2)c2sc3nc(-c4ccco4)nn3c2O)C1. The molecule has 1 aromatic carbocycles. The van der Waals surface area contributed by atoms with Crippen LogP contribution in [0.3, 0.4) is 0 Å². The molecule has 0 amide bonds. The molecular formula is C22H24N4O2S. The Morgan fingerprint density at radius 2 is 1.86 bits per heavy atom. The third-order valence-corrected chi connectivity index (χ3v) is 6.64. The standard InChI is InChI=1S/C22H24N4O2S/c1-14-11-15(2)13-25(12-14)18(16-7-4-3-5-8-16)19-21(27)26-22(29-19)23-20(24-26)17-9-6-10-28-17/h3-10,14-15,18,27H,11-13H2,1-2H3/t14-,15+,18-/m0/s1. The van der Waals surface area contributed by atoms with Crippen molar-refractivity contribution in [1.82, 2.24) is 19.5 Å². The van der Waals surface area contributed by atoms with Gasteiger partial charge in [-0.3, -0.25) is 4.90 Å². The summed E-state index contributed by atoms with van der Waals surface area (Å²) in [4.78, 5) is 8.64. The van der Waals surface area contributed by atoms with Gasteiger partial charge >= 0.3 is 0 Å². The maximum absolute atomic E-state index is 11.1. The Balaban J connectivity index is 1.59. The van der Waals surface area contributed by atoms with Crippen LogP contribution in [-0.2, 0) is 0 Å². The lowest BCUT2D eigenvalue weighted by Crippen LogP contribution is -2.41. The van der Waals surface area contributed by atoms with Crippen molar-refractivity contribution in [2.45, 2.75) is 26.3 Å². The summed E-state index contributed by atoms with van der Waals surface area (Å²) >= 11 is 1.50. The second-order valence-electron chi connectivity index (χ2n) is 8.11. The van der Waals surface area contributed by atoms with E-state index in [1.165, 1.54) is 27.8 Å². The number of benzene rings is 1. The second-order valence-corrected chi connectivity index (χ2v) is 9.12. The molecule has 6 nitrogen and oxygen atoms in total. The first-order valence-electron chi connectivity index (χ1n) is 10.0. The number of hydrogen-bond acceptors (Lipinski definition) is 6. The molecule has 0 bridgehead atoms. The summed E-state index contributed by atoms with van der Waals surface area (Å²) in [6, 6.07) is 14.0. The van der Waals surface area contributed by atoms with Gasteiger partial charge < -0.3 is 9.52 Å². The second kappa shape index (κ2) is 7.31. The van der Waals surface area contributed by atoms with E-state index < -0.39 is 0 Å². The molecule has 3 aromatic heterocycles. The summed E-state index contributed by atoms with van der Waals surface area (Å²) in [6.45, 7) is 6.63. The predicted molar refractivity (Wildman–Crippen MR) is 113 cm³/mol. The molecule has 0 saturated carbocycles. The fourth-order valence-electron chi connectivity index (χ4n) is 4.52. The van der Waals surface area contributed by atoms with Crippen molar-refractivity contribution in [3.05, 3.63) is 59.2 Å². The number of furan rings is 1. The lowest BCUT2D eigenvalue weighted by molar-refractivity contribution is 0.112. The van der Waals surface area contributed by atoms with E-state index in [9.17, 15) is 5.11 Å². The highest BCUT2D eigenvalue weighted by Gasteiger charge is 2.33. The summed E-state index contributed by atoms with van der Waals surface area (Å²) in [5, 5.41) is 15.6. The van der Waals surface area contributed by atoms with Gasteiger partial charge in [-0.2, -0.15) is 9.50 Å². The molecule has 4 heterocycles. The summed E-state index contributed by atoms with van der Waals surface area (Å²) in [5.41, 5.74) is 1.18. The molecule has 0 aliphatic carbocycles. The minimum Gasteiger partial charge on any atom is -0.492 e. The zero-order valence-electron chi connectivity index (χ0n) is 16.5. The highest BCUT2D eigenvalue weighted by molar-refractivity contribution is 7.17. The molecule has 0 radical (unpaired) electrons. The summed E-state index contributed by atoms with van der Waals surface area (Å²) in [5.74, 6) is 2.49. The topological polar surface area (TPSA) is 66.8 Å². The van der Waals surface area contributed by atoms with Crippen LogP contribution in [0.2, 0.25) is 0 Å². The largest absolute Gasteiger partial charge is 0.492 e. The van der Waals surface area contributed by atoms with Crippen molar-refractivity contribution >= 4 is 16.3 Å². The molecule has 1 fully saturated rings. The van der Waals surface area contributed by atoms with Gasteiger partial charge in [0.2, 0.25) is 16.7 Å². The molecule has 7 heteroatoms. The first-order valence-corrected chi connectivity index (χ1v) is 10.8. The number of thiazole rings is 1.